The molecule has 1 saturated carbocycles. The molecule has 0 heteroatoms. The molecule has 0 saturated heterocycles. The number of rotatable bonds is 14. The molecule has 0 radical (unpaired) electrons. The summed E-state index contributed by atoms with van der Waals surface area (Å²) in [5.41, 5.74) is 6.91. The van der Waals surface area contributed by atoms with Gasteiger partial charge in [0.25, 0.3) is 0 Å². The van der Waals surface area contributed by atoms with Crippen molar-refractivity contribution in [1.82, 2.24) is 0 Å². The minimum Gasteiger partial charge on any atom is -0.0991 e. The van der Waals surface area contributed by atoms with E-state index < -0.39 is 0 Å². The van der Waals surface area contributed by atoms with Gasteiger partial charge >= 0.3 is 0 Å². The second-order valence-electron chi connectivity index (χ2n) is 12.4. The van der Waals surface area contributed by atoms with Gasteiger partial charge in [0.05, 0.1) is 0 Å². The lowest BCUT2D eigenvalue weighted by molar-refractivity contribution is 0.0772. The fraction of sp³-hybridized carbons (Fsp3) is 0.622. The maximum Gasteiger partial charge on any atom is -0.0157 e. The number of hydrogen-bond acceptors (Lipinski definition) is 0. The molecule has 0 nitrogen and oxygen atoms in total. The molecule has 1 fully saturated rings. The Morgan fingerprint density at radius 1 is 0.946 bits per heavy atom. The van der Waals surface area contributed by atoms with Crippen molar-refractivity contribution in [2.45, 2.75) is 127 Å². The average Bonchev–Trinajstić information content (AvgIpc) is 2.82. The van der Waals surface area contributed by atoms with Crippen LogP contribution >= 0.6 is 0 Å². The van der Waals surface area contributed by atoms with Crippen molar-refractivity contribution < 1.29 is 0 Å². The molecule has 0 aromatic rings. The maximum atomic E-state index is 4.37. The lowest BCUT2D eigenvalue weighted by Gasteiger charge is -2.46. The van der Waals surface area contributed by atoms with E-state index in [-0.39, 0.29) is 0 Å². The minimum atomic E-state index is 0.462. The summed E-state index contributed by atoms with van der Waals surface area (Å²) in [5.74, 6) is 2.36. The molecular weight excluding hydrogens is 444 g/mol. The Kier molecular flexibility index (Phi) is 18.3. The Bertz CT molecular complexity index is 802. The van der Waals surface area contributed by atoms with Crippen LogP contribution in [0.1, 0.15) is 127 Å². The van der Waals surface area contributed by atoms with Gasteiger partial charge in [-0.1, -0.05) is 121 Å². The van der Waals surface area contributed by atoms with Crippen molar-refractivity contribution in [3.63, 3.8) is 0 Å². The van der Waals surface area contributed by atoms with Crippen molar-refractivity contribution >= 4 is 0 Å². The quantitative estimate of drug-likeness (QED) is 0.205. The zero-order valence-corrected chi connectivity index (χ0v) is 26.4. The van der Waals surface area contributed by atoms with Crippen LogP contribution in [-0.2, 0) is 0 Å². The predicted molar refractivity (Wildman–Crippen MR) is 172 cm³/mol. The van der Waals surface area contributed by atoms with Gasteiger partial charge in [0.1, 0.15) is 0 Å². The van der Waals surface area contributed by atoms with Crippen LogP contribution in [0.2, 0.25) is 0 Å². The van der Waals surface area contributed by atoms with Gasteiger partial charge in [0.2, 0.25) is 0 Å². The van der Waals surface area contributed by atoms with E-state index >= 15 is 0 Å². The van der Waals surface area contributed by atoms with Crippen LogP contribution in [0.15, 0.2) is 84.1 Å². The molecule has 3 unspecified atom stereocenters. The summed E-state index contributed by atoms with van der Waals surface area (Å²) in [6, 6.07) is 0. The van der Waals surface area contributed by atoms with E-state index in [2.05, 4.69) is 112 Å². The van der Waals surface area contributed by atoms with E-state index in [1.165, 1.54) is 80.1 Å². The smallest absolute Gasteiger partial charge is 0.0157 e. The highest BCUT2D eigenvalue weighted by molar-refractivity contribution is 5.38. The molecule has 0 aromatic carbocycles. The van der Waals surface area contributed by atoms with Gasteiger partial charge in [-0.2, -0.15) is 0 Å². The third-order valence-electron chi connectivity index (χ3n) is 7.69. The van der Waals surface area contributed by atoms with Gasteiger partial charge in [-0.15, -0.1) is 0 Å². The van der Waals surface area contributed by atoms with Gasteiger partial charge in [-0.25, -0.2) is 0 Å². The first-order chi connectivity index (χ1) is 17.4. The Morgan fingerprint density at radius 2 is 1.59 bits per heavy atom. The van der Waals surface area contributed by atoms with Crippen LogP contribution in [0.5, 0.6) is 0 Å². The molecule has 0 aliphatic heterocycles. The maximum absolute atomic E-state index is 4.37. The van der Waals surface area contributed by atoms with Crippen LogP contribution in [0.3, 0.4) is 0 Å². The molecule has 0 spiro atoms. The Labute approximate surface area is 233 Å². The Hall–Kier alpha value is -1.82. The van der Waals surface area contributed by atoms with Crippen LogP contribution in [-0.4, -0.2) is 0 Å². The lowest BCUT2D eigenvalue weighted by atomic mass is 9.59. The molecule has 3 atom stereocenters. The topological polar surface area (TPSA) is 0 Å². The molecule has 0 heterocycles. The zero-order chi connectivity index (χ0) is 28.4. The molecule has 0 amide bonds. The standard InChI is InChI=1S/C33H52.C4H10/c1-10-14-18-31(13-4)32-23-30(16-11-2)24-33(25-32,21-12-3)22-15-17-28(8)29(9)20-19-27(7)26(5)6;1-4(2)3/h10,13-14,18-20,30,32H,1,8-9,11-12,15-17,21-25H2,2-7H3;4H,1-3H3/b18-14-,20-19-,31-13+;. The van der Waals surface area contributed by atoms with Crippen LogP contribution in [0, 0.1) is 23.2 Å². The Balaban J connectivity index is 0.00000300. The first-order valence-corrected chi connectivity index (χ1v) is 15.1. The summed E-state index contributed by atoms with van der Waals surface area (Å²) in [7, 11) is 0. The van der Waals surface area contributed by atoms with Gasteiger partial charge in [0, 0.05) is 0 Å². The van der Waals surface area contributed by atoms with E-state index in [9.17, 15) is 0 Å². The summed E-state index contributed by atoms with van der Waals surface area (Å²) >= 11 is 0. The van der Waals surface area contributed by atoms with E-state index in [0.717, 1.165) is 23.8 Å². The first-order valence-electron chi connectivity index (χ1n) is 15.1. The molecule has 1 rings (SSSR count). The minimum absolute atomic E-state index is 0.462. The summed E-state index contributed by atoms with van der Waals surface area (Å²) in [5, 5.41) is 0. The molecule has 0 aromatic heterocycles. The highest BCUT2D eigenvalue weighted by Gasteiger charge is 2.39. The number of hydrogen-bond donors (Lipinski definition) is 0. The van der Waals surface area contributed by atoms with Gasteiger partial charge in [0.15, 0.2) is 0 Å². The molecule has 1 aliphatic carbocycles. The summed E-state index contributed by atoms with van der Waals surface area (Å²) in [6.07, 6.45) is 25.9. The third-order valence-corrected chi connectivity index (χ3v) is 7.69. The van der Waals surface area contributed by atoms with Gasteiger partial charge < -0.3 is 0 Å². The molecular formula is C37H62. The first kappa shape index (κ1) is 35.2. The highest BCUT2D eigenvalue weighted by Crippen LogP contribution is 2.52. The molecule has 0 bridgehead atoms. The fourth-order valence-corrected chi connectivity index (χ4v) is 5.73. The molecule has 1 aliphatic rings. The van der Waals surface area contributed by atoms with E-state index in [1.807, 2.05) is 6.08 Å². The van der Waals surface area contributed by atoms with Crippen molar-refractivity contribution in [1.29, 1.82) is 0 Å². The summed E-state index contributed by atoms with van der Waals surface area (Å²) in [4.78, 5) is 0. The Morgan fingerprint density at radius 3 is 2.11 bits per heavy atom. The second kappa shape index (κ2) is 19.3. The summed E-state index contributed by atoms with van der Waals surface area (Å²) in [6.45, 7) is 32.4. The van der Waals surface area contributed by atoms with Crippen molar-refractivity contribution in [3.8, 4) is 0 Å². The zero-order valence-electron chi connectivity index (χ0n) is 26.4. The number of allylic oxidation sites excluding steroid dienone is 11. The van der Waals surface area contributed by atoms with Gasteiger partial charge in [-0.05, 0) is 113 Å². The fourth-order valence-electron chi connectivity index (χ4n) is 5.73. The lowest BCUT2D eigenvalue weighted by Crippen LogP contribution is -2.34. The van der Waals surface area contributed by atoms with E-state index in [0.29, 0.717) is 11.3 Å². The SMILES string of the molecule is C=C/C=C\C(=C/C)C1CC(CCC)CC(CCC)(CCCC(=C)C(=C)/C=C\C(C)=C(C)C)C1.CC(C)C. The monoisotopic (exact) mass is 506 g/mol. The average molecular weight is 507 g/mol. The third kappa shape index (κ3) is 14.6. The summed E-state index contributed by atoms with van der Waals surface area (Å²) < 4.78 is 0. The van der Waals surface area contributed by atoms with E-state index in [1.54, 1.807) is 0 Å². The van der Waals surface area contributed by atoms with E-state index in [4.69, 9.17) is 0 Å². The van der Waals surface area contributed by atoms with Crippen LogP contribution in [0.25, 0.3) is 0 Å². The second-order valence-corrected chi connectivity index (χ2v) is 12.4. The normalized spacial score (nSPS) is 22.2. The van der Waals surface area contributed by atoms with Crippen molar-refractivity contribution in [2.24, 2.45) is 23.2 Å². The predicted octanol–water partition coefficient (Wildman–Crippen LogP) is 12.5. The van der Waals surface area contributed by atoms with Crippen molar-refractivity contribution in [2.75, 3.05) is 0 Å². The molecule has 37 heavy (non-hydrogen) atoms. The largest absolute Gasteiger partial charge is 0.0991 e. The van der Waals surface area contributed by atoms with Crippen LogP contribution in [0.4, 0.5) is 0 Å². The van der Waals surface area contributed by atoms with Crippen molar-refractivity contribution in [3.05, 3.63) is 84.1 Å². The molecule has 0 N–H and O–H groups in total. The molecule has 210 valence electrons. The highest BCUT2D eigenvalue weighted by atomic mass is 14.4. The van der Waals surface area contributed by atoms with Gasteiger partial charge in [-0.3, -0.25) is 0 Å². The van der Waals surface area contributed by atoms with Crippen LogP contribution < -0.4 is 0 Å².